The molecule has 0 fully saturated rings. The molecular formula is C31H37Cl2N3O4S. The molecule has 0 bridgehead atoms. The van der Waals surface area contributed by atoms with Gasteiger partial charge < -0.3 is 10.2 Å². The Morgan fingerprint density at radius 1 is 0.902 bits per heavy atom. The van der Waals surface area contributed by atoms with Crippen molar-refractivity contribution in [1.82, 2.24) is 10.2 Å². The Bertz CT molecular complexity index is 1430. The third-order valence-electron chi connectivity index (χ3n) is 6.51. The van der Waals surface area contributed by atoms with Crippen LogP contribution >= 0.6 is 23.2 Å². The first-order valence-electron chi connectivity index (χ1n) is 13.5. The number of benzene rings is 3. The molecule has 3 rings (SSSR count). The molecule has 0 saturated heterocycles. The van der Waals surface area contributed by atoms with E-state index >= 15 is 0 Å². The lowest BCUT2D eigenvalue weighted by Crippen LogP contribution is -2.51. The van der Waals surface area contributed by atoms with E-state index in [0.717, 1.165) is 22.9 Å². The molecule has 3 aromatic carbocycles. The van der Waals surface area contributed by atoms with Crippen LogP contribution in [0.25, 0.3) is 0 Å². The Morgan fingerprint density at radius 2 is 1.56 bits per heavy atom. The fraction of sp³-hybridized carbons (Fsp3) is 0.355. The van der Waals surface area contributed by atoms with Crippen LogP contribution in [0.4, 0.5) is 5.69 Å². The number of nitrogens with zero attached hydrogens (tertiary/aromatic N) is 2. The van der Waals surface area contributed by atoms with Gasteiger partial charge in [-0.1, -0.05) is 77.3 Å². The minimum atomic E-state index is -3.57. The second-order valence-electron chi connectivity index (χ2n) is 10.4. The molecule has 0 aliphatic heterocycles. The van der Waals surface area contributed by atoms with E-state index in [2.05, 4.69) is 5.32 Å². The third-order valence-corrected chi connectivity index (χ3v) is 8.45. The van der Waals surface area contributed by atoms with E-state index in [1.165, 1.54) is 4.31 Å². The summed E-state index contributed by atoms with van der Waals surface area (Å²) in [5.74, 6) is -0.539. The van der Waals surface area contributed by atoms with Crippen LogP contribution in [0.1, 0.15) is 43.4 Å². The van der Waals surface area contributed by atoms with Gasteiger partial charge in [-0.05, 0) is 62.6 Å². The van der Waals surface area contributed by atoms with Crippen LogP contribution in [0, 0.1) is 6.92 Å². The normalized spacial score (nSPS) is 12.2. The van der Waals surface area contributed by atoms with E-state index in [-0.39, 0.29) is 43.8 Å². The Hall–Kier alpha value is -3.07. The zero-order valence-electron chi connectivity index (χ0n) is 23.8. The van der Waals surface area contributed by atoms with Crippen LogP contribution in [0.3, 0.4) is 0 Å². The summed E-state index contributed by atoms with van der Waals surface area (Å²) in [6, 6.07) is 20.9. The van der Waals surface area contributed by atoms with Gasteiger partial charge in [0.15, 0.2) is 0 Å². The van der Waals surface area contributed by atoms with E-state index in [0.29, 0.717) is 22.2 Å². The highest BCUT2D eigenvalue weighted by molar-refractivity contribution is 7.92. The summed E-state index contributed by atoms with van der Waals surface area (Å²) in [6.07, 6.45) is 1.77. The van der Waals surface area contributed by atoms with Crippen molar-refractivity contribution in [2.45, 2.75) is 58.7 Å². The molecule has 10 heteroatoms. The zero-order valence-corrected chi connectivity index (χ0v) is 26.1. The maximum atomic E-state index is 13.9. The van der Waals surface area contributed by atoms with Gasteiger partial charge in [-0.15, -0.1) is 0 Å². The number of sulfonamides is 1. The van der Waals surface area contributed by atoms with Gasteiger partial charge in [0.1, 0.15) is 6.04 Å². The fourth-order valence-corrected chi connectivity index (χ4v) is 5.77. The monoisotopic (exact) mass is 617 g/mol. The maximum Gasteiger partial charge on any atom is 0.243 e. The van der Waals surface area contributed by atoms with E-state index in [1.807, 2.05) is 63.2 Å². The molecule has 1 unspecified atom stereocenters. The lowest BCUT2D eigenvalue weighted by Gasteiger charge is -2.32. The number of hydrogen-bond acceptors (Lipinski definition) is 4. The average molecular weight is 619 g/mol. The standard InChI is InChI=1S/C31H37Cl2N3O4S/c1-22(2)34-31(38)29(20-24-9-6-5-7-10-24)35(21-25-14-17-27(32)28(33)19-25)30(37)11-8-18-36(41(4,39)40)26-15-12-23(3)13-16-26/h5-7,9-10,12-17,19,22,29H,8,11,18,20-21H2,1-4H3,(H,34,38). The van der Waals surface area contributed by atoms with Gasteiger partial charge in [0.2, 0.25) is 21.8 Å². The number of aryl methyl sites for hydroxylation is 1. The quantitative estimate of drug-likeness (QED) is 0.254. The van der Waals surface area contributed by atoms with E-state index in [1.54, 1.807) is 35.2 Å². The number of hydrogen-bond donors (Lipinski definition) is 1. The molecule has 1 N–H and O–H groups in total. The third kappa shape index (κ3) is 9.76. The van der Waals surface area contributed by atoms with Crippen LogP contribution in [0.15, 0.2) is 72.8 Å². The predicted octanol–water partition coefficient (Wildman–Crippen LogP) is 6.01. The predicted molar refractivity (Wildman–Crippen MR) is 167 cm³/mol. The van der Waals surface area contributed by atoms with E-state index in [9.17, 15) is 18.0 Å². The highest BCUT2D eigenvalue weighted by Gasteiger charge is 2.31. The van der Waals surface area contributed by atoms with Gasteiger partial charge in [-0.25, -0.2) is 8.42 Å². The van der Waals surface area contributed by atoms with Crippen LogP contribution in [0.5, 0.6) is 0 Å². The Balaban J connectivity index is 1.90. The summed E-state index contributed by atoms with van der Waals surface area (Å²) in [6.45, 7) is 5.92. The van der Waals surface area contributed by atoms with Gasteiger partial charge >= 0.3 is 0 Å². The molecule has 1 atom stereocenters. The van der Waals surface area contributed by atoms with Crippen LogP contribution in [-0.4, -0.2) is 50.0 Å². The van der Waals surface area contributed by atoms with Crippen molar-refractivity contribution >= 4 is 50.7 Å². The van der Waals surface area contributed by atoms with Gasteiger partial charge in [0, 0.05) is 32.0 Å². The summed E-state index contributed by atoms with van der Waals surface area (Å²) in [5, 5.41) is 3.70. The minimum absolute atomic E-state index is 0.0411. The molecule has 7 nitrogen and oxygen atoms in total. The highest BCUT2D eigenvalue weighted by Crippen LogP contribution is 2.25. The number of rotatable bonds is 13. The summed E-state index contributed by atoms with van der Waals surface area (Å²) in [7, 11) is -3.57. The minimum Gasteiger partial charge on any atom is -0.352 e. The molecule has 220 valence electrons. The molecule has 0 radical (unpaired) electrons. The zero-order chi connectivity index (χ0) is 30.2. The fourth-order valence-electron chi connectivity index (χ4n) is 4.48. The van der Waals surface area contributed by atoms with Crippen molar-refractivity contribution in [3.05, 3.63) is 99.5 Å². The van der Waals surface area contributed by atoms with Crippen molar-refractivity contribution in [2.24, 2.45) is 0 Å². The maximum absolute atomic E-state index is 13.9. The van der Waals surface area contributed by atoms with Crippen molar-refractivity contribution in [3.8, 4) is 0 Å². The van der Waals surface area contributed by atoms with E-state index in [4.69, 9.17) is 23.2 Å². The summed E-state index contributed by atoms with van der Waals surface area (Å²) in [4.78, 5) is 28.9. The van der Waals surface area contributed by atoms with Crippen molar-refractivity contribution in [3.63, 3.8) is 0 Å². The largest absolute Gasteiger partial charge is 0.352 e. The van der Waals surface area contributed by atoms with Crippen molar-refractivity contribution in [1.29, 1.82) is 0 Å². The molecule has 2 amide bonds. The molecule has 0 aliphatic rings. The summed E-state index contributed by atoms with van der Waals surface area (Å²) >= 11 is 12.4. The lowest BCUT2D eigenvalue weighted by molar-refractivity contribution is -0.141. The molecule has 3 aromatic rings. The lowest BCUT2D eigenvalue weighted by atomic mass is 10.0. The number of anilines is 1. The van der Waals surface area contributed by atoms with Gasteiger partial charge in [-0.3, -0.25) is 13.9 Å². The van der Waals surface area contributed by atoms with Crippen LogP contribution in [0.2, 0.25) is 10.0 Å². The van der Waals surface area contributed by atoms with Gasteiger partial charge in [-0.2, -0.15) is 0 Å². The Kier molecular flexibility index (Phi) is 11.6. The molecule has 41 heavy (non-hydrogen) atoms. The molecule has 0 saturated carbocycles. The highest BCUT2D eigenvalue weighted by atomic mass is 35.5. The smallest absolute Gasteiger partial charge is 0.243 e. The van der Waals surface area contributed by atoms with Crippen molar-refractivity contribution < 1.29 is 18.0 Å². The number of halogens is 2. The van der Waals surface area contributed by atoms with Gasteiger partial charge in [0.05, 0.1) is 22.0 Å². The average Bonchev–Trinajstić information content (AvgIpc) is 2.90. The molecule has 0 aliphatic carbocycles. The summed E-state index contributed by atoms with van der Waals surface area (Å²) < 4.78 is 26.5. The van der Waals surface area contributed by atoms with Crippen LogP contribution < -0.4 is 9.62 Å². The second-order valence-corrected chi connectivity index (χ2v) is 13.1. The SMILES string of the molecule is Cc1ccc(N(CCCC(=O)N(Cc2ccc(Cl)c(Cl)c2)C(Cc2ccccc2)C(=O)NC(C)C)S(C)(=O)=O)cc1. The molecule has 0 aromatic heterocycles. The molecule has 0 heterocycles. The Labute approximate surface area is 253 Å². The summed E-state index contributed by atoms with van der Waals surface area (Å²) in [5.41, 5.74) is 3.18. The Morgan fingerprint density at radius 3 is 2.15 bits per heavy atom. The second kappa shape index (κ2) is 14.7. The van der Waals surface area contributed by atoms with Crippen LogP contribution in [-0.2, 0) is 32.6 Å². The topological polar surface area (TPSA) is 86.8 Å². The van der Waals surface area contributed by atoms with Gasteiger partial charge in [0.25, 0.3) is 0 Å². The van der Waals surface area contributed by atoms with Crippen molar-refractivity contribution in [2.75, 3.05) is 17.1 Å². The van der Waals surface area contributed by atoms with E-state index < -0.39 is 16.1 Å². The molecular weight excluding hydrogens is 581 g/mol. The number of nitrogens with one attached hydrogen (secondary N) is 1. The molecule has 0 spiro atoms. The number of carbonyl (C=O) groups excluding carboxylic acids is 2. The number of amides is 2. The first kappa shape index (κ1) is 32.4. The first-order chi connectivity index (χ1) is 19.3. The number of carbonyl (C=O) groups is 2. The first-order valence-corrected chi connectivity index (χ1v) is 16.1.